The van der Waals surface area contributed by atoms with Gasteiger partial charge in [0.1, 0.15) is 5.56 Å². The molecule has 0 aliphatic heterocycles. The molecule has 3 aromatic rings. The van der Waals surface area contributed by atoms with Gasteiger partial charge in [0.25, 0.3) is 5.56 Å². The number of hydrogen-bond donors (Lipinski definition) is 2. The monoisotopic (exact) mass is 295 g/mol. The van der Waals surface area contributed by atoms with Gasteiger partial charge in [-0.3, -0.25) is 9.36 Å². The summed E-state index contributed by atoms with van der Waals surface area (Å²) in [6.45, 7) is 1.61. The van der Waals surface area contributed by atoms with Gasteiger partial charge in [-0.2, -0.15) is 0 Å². The topological polar surface area (TPSA) is 88.0 Å². The number of imidazole rings is 1. The van der Waals surface area contributed by atoms with E-state index in [0.717, 1.165) is 11.3 Å². The van der Waals surface area contributed by atoms with Gasteiger partial charge >= 0.3 is 5.97 Å². The van der Waals surface area contributed by atoms with E-state index in [0.29, 0.717) is 11.3 Å². The third-order valence-electron chi connectivity index (χ3n) is 3.45. The molecule has 0 unspecified atom stereocenters. The lowest BCUT2D eigenvalue weighted by Gasteiger charge is -2.09. The van der Waals surface area contributed by atoms with E-state index in [1.165, 1.54) is 4.57 Å². The van der Waals surface area contributed by atoms with Crippen LogP contribution >= 0.6 is 0 Å². The van der Waals surface area contributed by atoms with Gasteiger partial charge in [0.15, 0.2) is 0 Å². The summed E-state index contributed by atoms with van der Waals surface area (Å²) in [5.41, 5.74) is 1.96. The normalized spacial score (nSPS) is 10.6. The first-order chi connectivity index (χ1) is 10.6. The molecule has 2 aromatic heterocycles. The minimum atomic E-state index is -1.22. The van der Waals surface area contributed by atoms with Crippen LogP contribution in [0.4, 0.5) is 0 Å². The number of H-pyrrole nitrogens is 1. The van der Waals surface area contributed by atoms with E-state index in [4.69, 9.17) is 0 Å². The molecule has 3 rings (SSSR count). The molecule has 22 heavy (non-hydrogen) atoms. The molecule has 2 heterocycles. The Kier molecular flexibility index (Phi) is 3.34. The molecule has 2 N–H and O–H groups in total. The van der Waals surface area contributed by atoms with Crippen LogP contribution < -0.4 is 5.56 Å². The predicted molar refractivity (Wildman–Crippen MR) is 81.3 cm³/mol. The number of carbonyl (C=O) groups is 1. The Morgan fingerprint density at radius 3 is 2.82 bits per heavy atom. The molecule has 0 atom stereocenters. The van der Waals surface area contributed by atoms with Crippen LogP contribution in [0, 0.1) is 6.92 Å². The van der Waals surface area contributed by atoms with E-state index >= 15 is 0 Å². The van der Waals surface area contributed by atoms with Crippen LogP contribution in [0.5, 0.6) is 0 Å². The van der Waals surface area contributed by atoms with E-state index in [1.54, 1.807) is 49.9 Å². The second-order valence-electron chi connectivity index (χ2n) is 4.87. The molecule has 0 amide bonds. The zero-order valence-electron chi connectivity index (χ0n) is 11.8. The van der Waals surface area contributed by atoms with Crippen LogP contribution in [0.1, 0.15) is 15.9 Å². The molecule has 0 aliphatic rings. The molecule has 0 bridgehead atoms. The van der Waals surface area contributed by atoms with Crippen molar-refractivity contribution in [3.8, 4) is 16.9 Å². The van der Waals surface area contributed by atoms with Crippen LogP contribution in [-0.2, 0) is 0 Å². The summed E-state index contributed by atoms with van der Waals surface area (Å²) in [7, 11) is 0. The highest BCUT2D eigenvalue weighted by molar-refractivity contribution is 5.88. The maximum atomic E-state index is 12.4. The summed E-state index contributed by atoms with van der Waals surface area (Å²) >= 11 is 0. The van der Waals surface area contributed by atoms with E-state index in [9.17, 15) is 14.7 Å². The summed E-state index contributed by atoms with van der Waals surface area (Å²) < 4.78 is 1.33. The number of pyridine rings is 1. The number of nitrogens with zero attached hydrogens (tertiary/aromatic N) is 2. The highest BCUT2D eigenvalue weighted by Gasteiger charge is 2.15. The number of hydrogen-bond acceptors (Lipinski definition) is 3. The fourth-order valence-corrected chi connectivity index (χ4v) is 2.33. The SMILES string of the molecule is Cc1ccn(-c2cccc(-c3cnc[nH]3)c2)c(=O)c1C(=O)O. The quantitative estimate of drug-likeness (QED) is 0.775. The number of nitrogens with one attached hydrogen (secondary N) is 1. The molecule has 0 saturated carbocycles. The van der Waals surface area contributed by atoms with Gasteiger partial charge in [0, 0.05) is 17.4 Å². The fraction of sp³-hybridized carbons (Fsp3) is 0.0625. The Bertz CT molecular complexity index is 895. The molecule has 0 radical (unpaired) electrons. The van der Waals surface area contributed by atoms with Crippen molar-refractivity contribution in [2.45, 2.75) is 6.92 Å². The van der Waals surface area contributed by atoms with Crippen molar-refractivity contribution in [2.24, 2.45) is 0 Å². The third kappa shape index (κ3) is 2.31. The largest absolute Gasteiger partial charge is 0.477 e. The number of carboxylic acids is 1. The minimum Gasteiger partial charge on any atom is -0.477 e. The van der Waals surface area contributed by atoms with Crippen molar-refractivity contribution in [1.29, 1.82) is 0 Å². The molecule has 0 spiro atoms. The molecular weight excluding hydrogens is 282 g/mol. The first-order valence-corrected chi connectivity index (χ1v) is 6.62. The van der Waals surface area contributed by atoms with E-state index < -0.39 is 11.5 Å². The molecule has 0 aliphatic carbocycles. The summed E-state index contributed by atoms with van der Waals surface area (Å²) in [5.74, 6) is -1.22. The molecule has 0 saturated heterocycles. The Morgan fingerprint density at radius 2 is 2.14 bits per heavy atom. The van der Waals surface area contributed by atoms with E-state index in [1.807, 2.05) is 6.07 Å². The molecule has 6 nitrogen and oxygen atoms in total. The van der Waals surface area contributed by atoms with Crippen LogP contribution in [0.2, 0.25) is 0 Å². The van der Waals surface area contributed by atoms with Gasteiger partial charge < -0.3 is 10.1 Å². The van der Waals surface area contributed by atoms with Crippen LogP contribution in [-0.4, -0.2) is 25.6 Å². The van der Waals surface area contributed by atoms with Crippen molar-refractivity contribution in [3.63, 3.8) is 0 Å². The lowest BCUT2D eigenvalue weighted by atomic mass is 10.1. The number of aromatic carboxylic acids is 1. The first-order valence-electron chi connectivity index (χ1n) is 6.62. The molecule has 0 fully saturated rings. The Morgan fingerprint density at radius 1 is 1.32 bits per heavy atom. The Labute approximate surface area is 125 Å². The second kappa shape index (κ2) is 5.33. The lowest BCUT2D eigenvalue weighted by molar-refractivity contribution is 0.0694. The summed E-state index contributed by atoms with van der Waals surface area (Å²) in [4.78, 5) is 30.6. The first kappa shape index (κ1) is 13.8. The third-order valence-corrected chi connectivity index (χ3v) is 3.45. The van der Waals surface area contributed by atoms with E-state index in [2.05, 4.69) is 9.97 Å². The Balaban J connectivity index is 2.17. The molecule has 110 valence electrons. The second-order valence-corrected chi connectivity index (χ2v) is 4.87. The van der Waals surface area contributed by atoms with Crippen LogP contribution in [0.25, 0.3) is 16.9 Å². The molecule has 6 heteroatoms. The maximum Gasteiger partial charge on any atom is 0.341 e. The number of aromatic nitrogens is 3. The highest BCUT2D eigenvalue weighted by atomic mass is 16.4. The van der Waals surface area contributed by atoms with Gasteiger partial charge in [0.2, 0.25) is 0 Å². The van der Waals surface area contributed by atoms with Crippen molar-refractivity contribution < 1.29 is 9.90 Å². The zero-order valence-corrected chi connectivity index (χ0v) is 11.8. The zero-order chi connectivity index (χ0) is 15.7. The lowest BCUT2D eigenvalue weighted by Crippen LogP contribution is -2.26. The summed E-state index contributed by atoms with van der Waals surface area (Å²) in [5, 5.41) is 9.20. The van der Waals surface area contributed by atoms with Crippen molar-refractivity contribution >= 4 is 5.97 Å². The number of aryl methyl sites for hydroxylation is 1. The number of benzene rings is 1. The smallest absolute Gasteiger partial charge is 0.341 e. The number of carboxylic acid groups (broad SMARTS) is 1. The van der Waals surface area contributed by atoms with Crippen molar-refractivity contribution in [2.75, 3.05) is 0 Å². The molecular formula is C16H13N3O3. The van der Waals surface area contributed by atoms with Gasteiger partial charge in [-0.1, -0.05) is 12.1 Å². The van der Waals surface area contributed by atoms with Gasteiger partial charge in [-0.25, -0.2) is 9.78 Å². The summed E-state index contributed by atoms with van der Waals surface area (Å²) in [6, 6.07) is 8.86. The predicted octanol–water partition coefficient (Wildman–Crippen LogP) is 2.23. The van der Waals surface area contributed by atoms with Gasteiger partial charge in [-0.15, -0.1) is 0 Å². The number of aromatic amines is 1. The standard InChI is InChI=1S/C16H13N3O3/c1-10-5-6-19(15(20)14(10)16(21)22)12-4-2-3-11(7-12)13-8-17-9-18-13/h2-9H,1H3,(H,17,18)(H,21,22). The van der Waals surface area contributed by atoms with Gasteiger partial charge in [-0.05, 0) is 30.7 Å². The van der Waals surface area contributed by atoms with Crippen LogP contribution in [0.15, 0.2) is 53.8 Å². The minimum absolute atomic E-state index is 0.213. The van der Waals surface area contributed by atoms with Gasteiger partial charge in [0.05, 0.1) is 18.2 Å². The van der Waals surface area contributed by atoms with Crippen molar-refractivity contribution in [3.05, 3.63) is 70.5 Å². The van der Waals surface area contributed by atoms with Crippen molar-refractivity contribution in [1.82, 2.24) is 14.5 Å². The highest BCUT2D eigenvalue weighted by Crippen LogP contribution is 2.19. The molecule has 1 aromatic carbocycles. The Hall–Kier alpha value is -3.15. The summed E-state index contributed by atoms with van der Waals surface area (Å²) in [6.07, 6.45) is 4.83. The number of rotatable bonds is 3. The fourth-order valence-electron chi connectivity index (χ4n) is 2.33. The van der Waals surface area contributed by atoms with E-state index in [-0.39, 0.29) is 5.56 Å². The van der Waals surface area contributed by atoms with Crippen LogP contribution in [0.3, 0.4) is 0 Å². The average molecular weight is 295 g/mol. The average Bonchev–Trinajstić information content (AvgIpc) is 3.01. The maximum absolute atomic E-state index is 12.4.